The van der Waals surface area contributed by atoms with Crippen molar-refractivity contribution in [2.75, 3.05) is 19.7 Å². The number of ether oxygens (including phenoxy) is 1. The van der Waals surface area contributed by atoms with Gasteiger partial charge in [0.1, 0.15) is 6.61 Å². The van der Waals surface area contributed by atoms with Crippen LogP contribution >= 0.6 is 0 Å². The summed E-state index contributed by atoms with van der Waals surface area (Å²) in [4.78, 5) is 32.1. The van der Waals surface area contributed by atoms with Crippen LogP contribution in [-0.2, 0) is 14.3 Å². The third kappa shape index (κ3) is 7.36. The Morgan fingerprint density at radius 3 is 2.44 bits per heavy atom. The maximum Gasteiger partial charge on any atom is 0.333 e. The molecule has 0 bridgehead atoms. The van der Waals surface area contributed by atoms with Crippen molar-refractivity contribution in [2.24, 2.45) is 5.73 Å². The van der Waals surface area contributed by atoms with Crippen molar-refractivity contribution in [1.82, 2.24) is 10.6 Å². The molecule has 0 aromatic rings. The van der Waals surface area contributed by atoms with E-state index in [-0.39, 0.29) is 25.3 Å². The SMILES string of the molecule is C=C(C)C(=O)OCCNC(=O)NCC(N)=O. The zero-order chi connectivity index (χ0) is 12.6. The molecule has 0 aliphatic heterocycles. The number of hydrogen-bond donors (Lipinski definition) is 3. The number of carbonyl (C=O) groups excluding carboxylic acids is 3. The maximum absolute atomic E-state index is 10.9. The minimum atomic E-state index is -0.635. The standard InChI is InChI=1S/C9H15N3O4/c1-6(2)8(14)16-4-3-11-9(15)12-5-7(10)13/h1,3-5H2,2H3,(H2,10,13)(H2,11,12,15). The molecule has 3 amide bonds. The fourth-order valence-electron chi connectivity index (χ4n) is 0.661. The Morgan fingerprint density at radius 1 is 1.31 bits per heavy atom. The first-order valence-electron chi connectivity index (χ1n) is 4.56. The molecular formula is C9H15N3O4. The van der Waals surface area contributed by atoms with E-state index in [1.165, 1.54) is 6.92 Å². The molecule has 0 aromatic heterocycles. The molecule has 0 radical (unpaired) electrons. The van der Waals surface area contributed by atoms with Gasteiger partial charge in [0, 0.05) is 5.57 Å². The highest BCUT2D eigenvalue weighted by Crippen LogP contribution is 1.90. The van der Waals surface area contributed by atoms with Crippen molar-refractivity contribution in [2.45, 2.75) is 6.92 Å². The quantitative estimate of drug-likeness (QED) is 0.304. The van der Waals surface area contributed by atoms with Crippen LogP contribution in [-0.4, -0.2) is 37.6 Å². The van der Waals surface area contributed by atoms with Gasteiger partial charge in [-0.3, -0.25) is 4.79 Å². The molecule has 90 valence electrons. The van der Waals surface area contributed by atoms with E-state index in [4.69, 9.17) is 10.5 Å². The van der Waals surface area contributed by atoms with Crippen LogP contribution in [0.2, 0.25) is 0 Å². The monoisotopic (exact) mass is 229 g/mol. The third-order valence-electron chi connectivity index (χ3n) is 1.39. The molecule has 0 unspecified atom stereocenters. The van der Waals surface area contributed by atoms with E-state index in [1.807, 2.05) is 0 Å². The van der Waals surface area contributed by atoms with Gasteiger partial charge in [0.15, 0.2) is 0 Å². The van der Waals surface area contributed by atoms with E-state index in [2.05, 4.69) is 17.2 Å². The number of rotatable bonds is 6. The maximum atomic E-state index is 10.9. The molecule has 7 heteroatoms. The fourth-order valence-corrected chi connectivity index (χ4v) is 0.661. The summed E-state index contributed by atoms with van der Waals surface area (Å²) in [6, 6.07) is -0.551. The van der Waals surface area contributed by atoms with Gasteiger partial charge in [-0.1, -0.05) is 6.58 Å². The van der Waals surface area contributed by atoms with Crippen molar-refractivity contribution in [1.29, 1.82) is 0 Å². The molecule has 0 heterocycles. The molecule has 0 aliphatic carbocycles. The summed E-state index contributed by atoms with van der Waals surface area (Å²) in [6.07, 6.45) is 0. The van der Waals surface area contributed by atoms with Crippen molar-refractivity contribution >= 4 is 17.9 Å². The molecular weight excluding hydrogens is 214 g/mol. The van der Waals surface area contributed by atoms with Crippen LogP contribution in [0.4, 0.5) is 4.79 Å². The Kier molecular flexibility index (Phi) is 6.34. The molecule has 0 spiro atoms. The van der Waals surface area contributed by atoms with E-state index in [1.54, 1.807) is 0 Å². The summed E-state index contributed by atoms with van der Waals surface area (Å²) in [7, 11) is 0. The highest BCUT2D eigenvalue weighted by molar-refractivity contribution is 5.87. The van der Waals surface area contributed by atoms with Crippen molar-refractivity contribution in [3.8, 4) is 0 Å². The molecule has 0 aliphatic rings. The van der Waals surface area contributed by atoms with E-state index < -0.39 is 17.9 Å². The Hall–Kier alpha value is -2.05. The van der Waals surface area contributed by atoms with E-state index >= 15 is 0 Å². The summed E-state index contributed by atoms with van der Waals surface area (Å²) in [5.41, 5.74) is 5.10. The molecule has 0 fully saturated rings. The minimum Gasteiger partial charge on any atom is -0.460 e. The molecule has 0 rings (SSSR count). The Labute approximate surface area is 93.0 Å². The number of primary amides is 1. The fraction of sp³-hybridized carbons (Fsp3) is 0.444. The average Bonchev–Trinajstić information content (AvgIpc) is 2.20. The van der Waals surface area contributed by atoms with Gasteiger partial charge in [-0.05, 0) is 6.92 Å². The predicted octanol–water partition coefficient (Wildman–Crippen LogP) is -1.11. The Morgan fingerprint density at radius 2 is 1.94 bits per heavy atom. The van der Waals surface area contributed by atoms with Crippen molar-refractivity contribution in [3.63, 3.8) is 0 Å². The molecule has 0 atom stereocenters. The summed E-state index contributed by atoms with van der Waals surface area (Å²) in [5.74, 6) is -1.15. The molecule has 7 nitrogen and oxygen atoms in total. The number of carbonyl (C=O) groups is 3. The van der Waals surface area contributed by atoms with Gasteiger partial charge in [0.2, 0.25) is 5.91 Å². The second-order valence-corrected chi connectivity index (χ2v) is 2.99. The number of hydrogen-bond acceptors (Lipinski definition) is 4. The van der Waals surface area contributed by atoms with Crippen LogP contribution in [0.25, 0.3) is 0 Å². The number of nitrogens with one attached hydrogen (secondary N) is 2. The molecule has 0 saturated carbocycles. The number of urea groups is 1. The summed E-state index contributed by atoms with van der Waals surface area (Å²) in [6.45, 7) is 4.86. The van der Waals surface area contributed by atoms with Crippen LogP contribution in [0, 0.1) is 0 Å². The van der Waals surface area contributed by atoms with Gasteiger partial charge >= 0.3 is 12.0 Å². The van der Waals surface area contributed by atoms with Crippen LogP contribution in [0.3, 0.4) is 0 Å². The highest BCUT2D eigenvalue weighted by atomic mass is 16.5. The summed E-state index contributed by atoms with van der Waals surface area (Å²) < 4.78 is 4.71. The first-order valence-corrected chi connectivity index (χ1v) is 4.56. The minimum absolute atomic E-state index is 0.0374. The van der Waals surface area contributed by atoms with Crippen LogP contribution < -0.4 is 16.4 Å². The topological polar surface area (TPSA) is 111 Å². The van der Waals surface area contributed by atoms with E-state index in [0.29, 0.717) is 0 Å². The molecule has 16 heavy (non-hydrogen) atoms. The Balaban J connectivity index is 3.52. The van der Waals surface area contributed by atoms with Crippen molar-refractivity contribution < 1.29 is 19.1 Å². The Bertz CT molecular complexity index is 301. The largest absolute Gasteiger partial charge is 0.460 e. The van der Waals surface area contributed by atoms with E-state index in [9.17, 15) is 14.4 Å². The van der Waals surface area contributed by atoms with Crippen LogP contribution in [0.1, 0.15) is 6.92 Å². The lowest BCUT2D eigenvalue weighted by molar-refractivity contribution is -0.138. The van der Waals surface area contributed by atoms with Crippen molar-refractivity contribution in [3.05, 3.63) is 12.2 Å². The normalized spacial score (nSPS) is 9.06. The predicted molar refractivity (Wildman–Crippen MR) is 56.4 cm³/mol. The lowest BCUT2D eigenvalue weighted by Gasteiger charge is -2.06. The number of amides is 3. The van der Waals surface area contributed by atoms with Gasteiger partial charge in [0.25, 0.3) is 0 Å². The van der Waals surface area contributed by atoms with Gasteiger partial charge in [-0.25, -0.2) is 9.59 Å². The zero-order valence-electron chi connectivity index (χ0n) is 9.04. The van der Waals surface area contributed by atoms with Gasteiger partial charge in [0.05, 0.1) is 13.1 Å². The van der Waals surface area contributed by atoms with E-state index in [0.717, 1.165) is 0 Å². The second-order valence-electron chi connectivity index (χ2n) is 2.99. The first-order chi connectivity index (χ1) is 7.43. The number of nitrogens with two attached hydrogens (primary N) is 1. The molecule has 4 N–H and O–H groups in total. The van der Waals surface area contributed by atoms with Gasteiger partial charge in [-0.2, -0.15) is 0 Å². The lowest BCUT2D eigenvalue weighted by atomic mass is 10.4. The van der Waals surface area contributed by atoms with Crippen LogP contribution in [0.5, 0.6) is 0 Å². The molecule has 0 saturated heterocycles. The zero-order valence-corrected chi connectivity index (χ0v) is 9.04. The average molecular weight is 229 g/mol. The van der Waals surface area contributed by atoms with Crippen LogP contribution in [0.15, 0.2) is 12.2 Å². The third-order valence-corrected chi connectivity index (χ3v) is 1.39. The number of esters is 1. The highest BCUT2D eigenvalue weighted by Gasteiger charge is 2.04. The second kappa shape index (κ2) is 7.27. The molecule has 0 aromatic carbocycles. The lowest BCUT2D eigenvalue weighted by Crippen LogP contribution is -2.41. The summed E-state index contributed by atoms with van der Waals surface area (Å²) in [5, 5.41) is 4.58. The van der Waals surface area contributed by atoms with Gasteiger partial charge in [-0.15, -0.1) is 0 Å². The first kappa shape index (κ1) is 13.9. The summed E-state index contributed by atoms with van der Waals surface area (Å²) >= 11 is 0. The van der Waals surface area contributed by atoms with Gasteiger partial charge < -0.3 is 21.1 Å². The smallest absolute Gasteiger partial charge is 0.333 e.